The van der Waals surface area contributed by atoms with Crippen molar-refractivity contribution in [2.24, 2.45) is 0 Å². The van der Waals surface area contributed by atoms with Crippen LogP contribution in [0, 0.1) is 0 Å². The summed E-state index contributed by atoms with van der Waals surface area (Å²) in [6, 6.07) is 0. The van der Waals surface area contributed by atoms with Crippen LogP contribution in [0.5, 0.6) is 0 Å². The van der Waals surface area contributed by atoms with Crippen molar-refractivity contribution < 1.29 is 14.3 Å². The summed E-state index contributed by atoms with van der Waals surface area (Å²) in [4.78, 5) is 28.3. The fraction of sp³-hybridized carbons (Fsp3) is 0.714. The summed E-state index contributed by atoms with van der Waals surface area (Å²) in [5.41, 5.74) is 0.176. The number of ether oxygens (including phenoxy) is 1. The summed E-state index contributed by atoms with van der Waals surface area (Å²) >= 11 is 3.10. The van der Waals surface area contributed by atoms with E-state index in [1.54, 1.807) is 37.4 Å². The van der Waals surface area contributed by atoms with Crippen molar-refractivity contribution in [2.45, 2.75) is 37.6 Å². The molecule has 136 valence electrons. The highest BCUT2D eigenvalue weighted by atomic mass is 35.5. The number of rotatable bonds is 5. The van der Waals surface area contributed by atoms with E-state index in [2.05, 4.69) is 9.80 Å². The molecular weight excluding hydrogens is 379 g/mol. The Morgan fingerprint density at radius 3 is 1.65 bits per heavy atom. The number of hydrogen-bond acceptors (Lipinski definition) is 7. The molecule has 0 aromatic rings. The minimum Gasteiger partial charge on any atom is -0.459 e. The number of carbonyl (C=O) groups excluding carboxylic acids is 2. The zero-order valence-corrected chi connectivity index (χ0v) is 17.8. The first-order chi connectivity index (χ1) is 9.65. The normalized spacial score (nSPS) is 20.3. The van der Waals surface area contributed by atoms with Gasteiger partial charge >= 0.3 is 5.97 Å². The van der Waals surface area contributed by atoms with Gasteiger partial charge in [-0.1, -0.05) is 23.5 Å². The van der Waals surface area contributed by atoms with Crippen molar-refractivity contribution in [1.82, 2.24) is 9.80 Å². The highest BCUT2D eigenvalue weighted by molar-refractivity contribution is 8.26. The third-order valence-electron chi connectivity index (χ3n) is 2.82. The lowest BCUT2D eigenvalue weighted by atomic mass is 10.2. The van der Waals surface area contributed by atoms with E-state index < -0.39 is 5.97 Å². The molecule has 1 saturated heterocycles. The largest absolute Gasteiger partial charge is 0.459 e. The predicted molar refractivity (Wildman–Crippen MR) is 104 cm³/mol. The first-order valence-corrected chi connectivity index (χ1v) is 8.53. The Hall–Kier alpha value is 0.0800. The zero-order valence-electron chi connectivity index (χ0n) is 14.5. The smallest absolute Gasteiger partial charge is 0.343 e. The van der Waals surface area contributed by atoms with Crippen LogP contribution in [-0.2, 0) is 14.3 Å². The number of likely N-dealkylation sites (N-methyl/N-ethyl adjacent to an activating group) is 2. The van der Waals surface area contributed by atoms with E-state index >= 15 is 0 Å². The van der Waals surface area contributed by atoms with Gasteiger partial charge in [0.1, 0.15) is 5.57 Å². The molecule has 1 heterocycles. The van der Waals surface area contributed by atoms with Gasteiger partial charge in [0.25, 0.3) is 0 Å². The first kappa shape index (κ1) is 25.3. The van der Waals surface area contributed by atoms with Crippen molar-refractivity contribution in [3.63, 3.8) is 0 Å². The van der Waals surface area contributed by atoms with E-state index in [0.29, 0.717) is 0 Å². The highest BCUT2D eigenvalue weighted by Gasteiger charge is 2.39. The van der Waals surface area contributed by atoms with Gasteiger partial charge in [-0.25, -0.2) is 4.79 Å². The quantitative estimate of drug-likeness (QED) is 0.302. The molecule has 0 spiro atoms. The Labute approximate surface area is 159 Å². The number of Topliss-reactive ketones (excluding diaryl/α,β-unsaturated/α-hetero) is 1. The highest BCUT2D eigenvalue weighted by Crippen LogP contribution is 2.50. The maximum atomic E-state index is 12.2. The van der Waals surface area contributed by atoms with Crippen LogP contribution in [0.3, 0.4) is 0 Å². The van der Waals surface area contributed by atoms with Crippen molar-refractivity contribution in [3.8, 4) is 0 Å². The van der Waals surface area contributed by atoms with Crippen molar-refractivity contribution in [2.75, 3.05) is 28.2 Å². The average molecular weight is 405 g/mol. The third kappa shape index (κ3) is 6.84. The Bertz CT molecular complexity index is 439. The Morgan fingerprint density at radius 1 is 1.00 bits per heavy atom. The van der Waals surface area contributed by atoms with Crippen molar-refractivity contribution in [3.05, 3.63) is 9.81 Å². The molecule has 9 heteroatoms. The van der Waals surface area contributed by atoms with E-state index in [-0.39, 0.29) is 53.0 Å². The Kier molecular flexibility index (Phi) is 11.9. The standard InChI is InChI=1S/C14H24N2O3S2.2ClH/c1-8(2)19-13(18)10(9(3)17)14-20-11(15(4)5)12(21-14)16(6)7;;/h8,11-12H,1-7H3;2*1H. The maximum absolute atomic E-state index is 12.2. The average Bonchev–Trinajstić information content (AvgIpc) is 2.72. The summed E-state index contributed by atoms with van der Waals surface area (Å²) in [6.07, 6.45) is -0.238. The van der Waals surface area contributed by atoms with Gasteiger partial charge in [-0.2, -0.15) is 0 Å². The summed E-state index contributed by atoms with van der Waals surface area (Å²) in [6.45, 7) is 4.97. The van der Waals surface area contributed by atoms with Gasteiger partial charge in [-0.3, -0.25) is 14.6 Å². The molecule has 0 aromatic heterocycles. The molecule has 2 unspecified atom stereocenters. The molecule has 2 atom stereocenters. The first-order valence-electron chi connectivity index (χ1n) is 6.77. The van der Waals surface area contributed by atoms with E-state index in [4.69, 9.17) is 4.74 Å². The summed E-state index contributed by atoms with van der Waals surface area (Å²) < 4.78 is 5.96. The van der Waals surface area contributed by atoms with Crippen LogP contribution in [-0.4, -0.2) is 66.6 Å². The van der Waals surface area contributed by atoms with Crippen LogP contribution < -0.4 is 0 Å². The minimum absolute atomic E-state index is 0. The zero-order chi connectivity index (χ0) is 16.3. The van der Waals surface area contributed by atoms with E-state index in [1.807, 2.05) is 28.2 Å². The van der Waals surface area contributed by atoms with Crippen LogP contribution in [0.2, 0.25) is 0 Å². The fourth-order valence-electron chi connectivity index (χ4n) is 1.85. The number of esters is 1. The fourth-order valence-corrected chi connectivity index (χ4v) is 5.26. The number of nitrogens with zero attached hydrogens (tertiary/aromatic N) is 2. The third-order valence-corrected chi connectivity index (χ3v) is 6.25. The summed E-state index contributed by atoms with van der Waals surface area (Å²) in [5, 5.41) is 0.363. The topological polar surface area (TPSA) is 49.9 Å². The van der Waals surface area contributed by atoms with Crippen molar-refractivity contribution >= 4 is 60.1 Å². The number of ketones is 1. The number of thioether (sulfide) groups is 2. The molecule has 1 aliphatic heterocycles. The van der Waals surface area contributed by atoms with Gasteiger partial charge in [0.05, 0.1) is 21.1 Å². The monoisotopic (exact) mass is 404 g/mol. The van der Waals surface area contributed by atoms with E-state index in [9.17, 15) is 9.59 Å². The van der Waals surface area contributed by atoms with E-state index in [1.165, 1.54) is 6.92 Å². The van der Waals surface area contributed by atoms with E-state index in [0.717, 1.165) is 4.24 Å². The second-order valence-corrected chi connectivity index (χ2v) is 8.13. The van der Waals surface area contributed by atoms with Crippen molar-refractivity contribution in [1.29, 1.82) is 0 Å². The van der Waals surface area contributed by atoms with Crippen LogP contribution in [0.1, 0.15) is 20.8 Å². The molecule has 0 aromatic carbocycles. The SMILES string of the molecule is CC(=O)C(C(=O)OC(C)C)=C1SC(N(C)C)C(N(C)C)S1.Cl.Cl. The molecule has 0 N–H and O–H groups in total. The van der Waals surface area contributed by atoms with Gasteiger partial charge in [0, 0.05) is 0 Å². The van der Waals surface area contributed by atoms with Gasteiger partial charge in [-0.15, -0.1) is 24.8 Å². The van der Waals surface area contributed by atoms with Crippen LogP contribution in [0.15, 0.2) is 9.81 Å². The minimum atomic E-state index is -0.524. The lowest BCUT2D eigenvalue weighted by Gasteiger charge is -2.28. The molecule has 0 radical (unpaired) electrons. The number of halogens is 2. The predicted octanol–water partition coefficient (Wildman–Crippen LogP) is 2.84. The summed E-state index contributed by atoms with van der Waals surface area (Å²) in [5.74, 6) is -0.767. The maximum Gasteiger partial charge on any atom is 0.343 e. The molecule has 1 aliphatic rings. The van der Waals surface area contributed by atoms with Gasteiger partial charge in [0.15, 0.2) is 5.78 Å². The number of hydrogen-bond donors (Lipinski definition) is 0. The Balaban J connectivity index is 0. The molecule has 1 rings (SSSR count). The molecular formula is C14H26Cl2N2O3S2. The molecule has 23 heavy (non-hydrogen) atoms. The molecule has 0 aliphatic carbocycles. The number of carbonyl (C=O) groups is 2. The van der Waals surface area contributed by atoms with Crippen LogP contribution in [0.25, 0.3) is 0 Å². The van der Waals surface area contributed by atoms with Gasteiger partial charge in [-0.05, 0) is 49.0 Å². The molecule has 0 bridgehead atoms. The molecule has 0 saturated carbocycles. The van der Waals surface area contributed by atoms with Crippen LogP contribution in [0.4, 0.5) is 0 Å². The summed E-state index contributed by atoms with van der Waals surface area (Å²) in [7, 11) is 7.99. The van der Waals surface area contributed by atoms with Gasteiger partial charge in [0.2, 0.25) is 0 Å². The van der Waals surface area contributed by atoms with Gasteiger partial charge < -0.3 is 4.74 Å². The lowest BCUT2D eigenvalue weighted by Crippen LogP contribution is -2.39. The Morgan fingerprint density at radius 2 is 1.39 bits per heavy atom. The lowest BCUT2D eigenvalue weighted by molar-refractivity contribution is -0.143. The molecule has 5 nitrogen and oxygen atoms in total. The molecule has 0 amide bonds. The molecule has 1 fully saturated rings. The second kappa shape index (κ2) is 10.8. The van der Waals surface area contributed by atoms with Crippen LogP contribution >= 0.6 is 48.3 Å². The second-order valence-electron chi connectivity index (χ2n) is 5.62.